The van der Waals surface area contributed by atoms with Crippen LogP contribution < -0.4 is 10.1 Å². The molecule has 1 N–H and O–H groups in total. The Balaban J connectivity index is 1.73. The number of carbonyl (C=O) groups excluding carboxylic acids is 2. The average Bonchev–Trinajstić information content (AvgIpc) is 2.98. The number of methoxy groups -OCH3 is 1. The molecular formula is C21H21N3O3S. The van der Waals surface area contributed by atoms with Crippen LogP contribution in [0.3, 0.4) is 0 Å². The second kappa shape index (κ2) is 9.23. The summed E-state index contributed by atoms with van der Waals surface area (Å²) in [5.41, 5.74) is 1.41. The molecule has 7 heteroatoms. The highest BCUT2D eigenvalue weighted by Crippen LogP contribution is 2.32. The molecule has 1 aliphatic rings. The lowest BCUT2D eigenvalue weighted by Gasteiger charge is -2.13. The lowest BCUT2D eigenvalue weighted by molar-refractivity contribution is -0.127. The zero-order valence-electron chi connectivity index (χ0n) is 15.5. The van der Waals surface area contributed by atoms with Gasteiger partial charge in [-0.25, -0.2) is 4.99 Å². The van der Waals surface area contributed by atoms with E-state index in [1.54, 1.807) is 18.1 Å². The van der Waals surface area contributed by atoms with Crippen molar-refractivity contribution in [2.24, 2.45) is 4.99 Å². The molecule has 0 spiro atoms. The van der Waals surface area contributed by atoms with Crippen LogP contribution in [0.15, 0.2) is 72.2 Å². The Hall–Kier alpha value is -3.06. The first-order valence-corrected chi connectivity index (χ1v) is 9.65. The molecule has 28 heavy (non-hydrogen) atoms. The summed E-state index contributed by atoms with van der Waals surface area (Å²) in [4.78, 5) is 31.2. The second-order valence-corrected chi connectivity index (χ2v) is 7.22. The molecule has 1 unspecified atom stereocenters. The first-order valence-electron chi connectivity index (χ1n) is 8.77. The van der Waals surface area contributed by atoms with Gasteiger partial charge in [0, 0.05) is 18.7 Å². The number of nitrogens with zero attached hydrogens (tertiary/aromatic N) is 2. The smallest absolute Gasteiger partial charge is 0.242 e. The summed E-state index contributed by atoms with van der Waals surface area (Å²) in [5.74, 6) is 0.388. The van der Waals surface area contributed by atoms with Crippen molar-refractivity contribution in [2.75, 3.05) is 19.0 Å². The van der Waals surface area contributed by atoms with Crippen LogP contribution in [0.25, 0.3) is 0 Å². The summed E-state index contributed by atoms with van der Waals surface area (Å²) in [5, 5.41) is 2.87. The number of hydrogen-bond donors (Lipinski definition) is 1. The van der Waals surface area contributed by atoms with Gasteiger partial charge in [0.2, 0.25) is 11.8 Å². The van der Waals surface area contributed by atoms with Crippen molar-refractivity contribution >= 4 is 40.1 Å². The van der Waals surface area contributed by atoms with Crippen molar-refractivity contribution in [3.8, 4) is 5.75 Å². The molecule has 1 heterocycles. The van der Waals surface area contributed by atoms with Crippen LogP contribution in [0.1, 0.15) is 6.42 Å². The standard InChI is InChI=1S/C21H21N3O3S/c1-3-13-24-20(26)18(14-19(25)22-15-7-5-4-6-8-15)28-21(24)23-16-9-11-17(27-2)12-10-16/h3-12,18H,1,13-14H2,2H3,(H,22,25). The van der Waals surface area contributed by atoms with Gasteiger partial charge in [-0.2, -0.15) is 0 Å². The van der Waals surface area contributed by atoms with Crippen molar-refractivity contribution in [3.05, 3.63) is 67.3 Å². The van der Waals surface area contributed by atoms with Crippen LogP contribution in [0, 0.1) is 0 Å². The molecule has 0 bridgehead atoms. The fourth-order valence-electron chi connectivity index (χ4n) is 2.69. The number of rotatable bonds is 7. The highest BCUT2D eigenvalue weighted by molar-refractivity contribution is 8.15. The largest absolute Gasteiger partial charge is 0.497 e. The maximum absolute atomic E-state index is 12.8. The van der Waals surface area contributed by atoms with Gasteiger partial charge >= 0.3 is 0 Å². The number of hydrogen-bond acceptors (Lipinski definition) is 5. The summed E-state index contributed by atoms with van der Waals surface area (Å²) in [7, 11) is 1.60. The van der Waals surface area contributed by atoms with Gasteiger partial charge in [0.1, 0.15) is 11.0 Å². The number of carbonyl (C=O) groups is 2. The molecule has 0 radical (unpaired) electrons. The Labute approximate surface area is 168 Å². The predicted molar refractivity (Wildman–Crippen MR) is 113 cm³/mol. The summed E-state index contributed by atoms with van der Waals surface area (Å²) in [6, 6.07) is 16.4. The third-order valence-electron chi connectivity index (χ3n) is 4.06. The van der Waals surface area contributed by atoms with Gasteiger partial charge in [-0.3, -0.25) is 14.5 Å². The van der Waals surface area contributed by atoms with E-state index in [-0.39, 0.29) is 18.2 Å². The van der Waals surface area contributed by atoms with Gasteiger partial charge in [0.05, 0.1) is 12.8 Å². The normalized spacial score (nSPS) is 17.6. The van der Waals surface area contributed by atoms with Crippen LogP contribution in [0.4, 0.5) is 11.4 Å². The van der Waals surface area contributed by atoms with Crippen molar-refractivity contribution in [1.82, 2.24) is 4.90 Å². The monoisotopic (exact) mass is 395 g/mol. The van der Waals surface area contributed by atoms with E-state index < -0.39 is 5.25 Å². The number of para-hydroxylation sites is 1. The van der Waals surface area contributed by atoms with Gasteiger partial charge in [-0.15, -0.1) is 6.58 Å². The zero-order valence-corrected chi connectivity index (χ0v) is 16.3. The number of amides is 2. The minimum absolute atomic E-state index is 0.0771. The molecule has 2 amide bonds. The van der Waals surface area contributed by atoms with Crippen molar-refractivity contribution in [1.29, 1.82) is 0 Å². The molecule has 0 aromatic heterocycles. The SMILES string of the molecule is C=CCN1C(=O)C(CC(=O)Nc2ccccc2)SC1=Nc1ccc(OC)cc1. The molecule has 1 saturated heterocycles. The Bertz CT molecular complexity index is 882. The second-order valence-electron chi connectivity index (χ2n) is 6.05. The van der Waals surface area contributed by atoms with Crippen molar-refractivity contribution < 1.29 is 14.3 Å². The van der Waals surface area contributed by atoms with E-state index in [4.69, 9.17) is 4.74 Å². The van der Waals surface area contributed by atoms with E-state index in [0.717, 1.165) is 5.75 Å². The van der Waals surface area contributed by atoms with E-state index in [1.165, 1.54) is 11.8 Å². The summed E-state index contributed by atoms with van der Waals surface area (Å²) >= 11 is 1.30. The highest BCUT2D eigenvalue weighted by atomic mass is 32.2. The number of nitrogens with one attached hydrogen (secondary N) is 1. The number of amidine groups is 1. The maximum atomic E-state index is 12.8. The van der Waals surface area contributed by atoms with E-state index >= 15 is 0 Å². The summed E-state index contributed by atoms with van der Waals surface area (Å²) in [6.45, 7) is 4.06. The van der Waals surface area contributed by atoms with Crippen molar-refractivity contribution in [2.45, 2.75) is 11.7 Å². The number of anilines is 1. The Morgan fingerprint density at radius 2 is 1.96 bits per heavy atom. The van der Waals surface area contributed by atoms with Crippen LogP contribution in [0.2, 0.25) is 0 Å². The lowest BCUT2D eigenvalue weighted by atomic mass is 10.2. The number of thioether (sulfide) groups is 1. The van der Waals surface area contributed by atoms with Gasteiger partial charge in [0.25, 0.3) is 0 Å². The molecule has 1 atom stereocenters. The van der Waals surface area contributed by atoms with Gasteiger partial charge in [-0.05, 0) is 36.4 Å². The molecule has 2 aromatic rings. The lowest BCUT2D eigenvalue weighted by Crippen LogP contribution is -2.33. The minimum Gasteiger partial charge on any atom is -0.497 e. The fourth-order valence-corrected chi connectivity index (χ4v) is 3.86. The third kappa shape index (κ3) is 4.80. The molecule has 1 fully saturated rings. The molecule has 2 aromatic carbocycles. The van der Waals surface area contributed by atoms with E-state index in [2.05, 4.69) is 16.9 Å². The number of aliphatic imine (C=N–C) groups is 1. The van der Waals surface area contributed by atoms with E-state index in [0.29, 0.717) is 23.1 Å². The quantitative estimate of drug-likeness (QED) is 0.723. The van der Waals surface area contributed by atoms with Crippen LogP contribution >= 0.6 is 11.8 Å². The number of benzene rings is 2. The van der Waals surface area contributed by atoms with E-state index in [9.17, 15) is 9.59 Å². The minimum atomic E-state index is -0.513. The molecule has 144 valence electrons. The van der Waals surface area contributed by atoms with Gasteiger partial charge in [-0.1, -0.05) is 36.0 Å². The molecule has 6 nitrogen and oxygen atoms in total. The predicted octanol–water partition coefficient (Wildman–Crippen LogP) is 3.84. The number of ether oxygens (including phenoxy) is 1. The van der Waals surface area contributed by atoms with Crippen LogP contribution in [0.5, 0.6) is 5.75 Å². The van der Waals surface area contributed by atoms with Gasteiger partial charge < -0.3 is 10.1 Å². The van der Waals surface area contributed by atoms with E-state index in [1.807, 2.05) is 54.6 Å². The molecular weight excluding hydrogens is 374 g/mol. The Morgan fingerprint density at radius 3 is 2.61 bits per heavy atom. The Morgan fingerprint density at radius 1 is 1.25 bits per heavy atom. The van der Waals surface area contributed by atoms with Crippen LogP contribution in [-0.2, 0) is 9.59 Å². The highest BCUT2D eigenvalue weighted by Gasteiger charge is 2.38. The van der Waals surface area contributed by atoms with Gasteiger partial charge in [0.15, 0.2) is 5.17 Å². The van der Waals surface area contributed by atoms with Crippen molar-refractivity contribution in [3.63, 3.8) is 0 Å². The maximum Gasteiger partial charge on any atom is 0.242 e. The first kappa shape index (κ1) is 19.7. The first-order chi connectivity index (χ1) is 13.6. The molecule has 3 rings (SSSR count). The summed E-state index contributed by atoms with van der Waals surface area (Å²) in [6.07, 6.45) is 1.72. The molecule has 0 aliphatic carbocycles. The Kier molecular flexibility index (Phi) is 6.49. The molecule has 1 aliphatic heterocycles. The topological polar surface area (TPSA) is 71.0 Å². The average molecular weight is 395 g/mol. The third-order valence-corrected chi connectivity index (χ3v) is 5.23. The summed E-state index contributed by atoms with van der Waals surface area (Å²) < 4.78 is 5.15. The molecule has 0 saturated carbocycles. The zero-order chi connectivity index (χ0) is 19.9. The fraction of sp³-hybridized carbons (Fsp3) is 0.190. The van der Waals surface area contributed by atoms with Crippen LogP contribution in [-0.4, -0.2) is 40.8 Å².